The zero-order chi connectivity index (χ0) is 27.4. The zero-order valence-electron chi connectivity index (χ0n) is 20.5. The molecule has 3 amide bonds. The van der Waals surface area contributed by atoms with Crippen molar-refractivity contribution in [1.82, 2.24) is 4.90 Å². The Labute approximate surface area is 233 Å². The van der Waals surface area contributed by atoms with Gasteiger partial charge in [0.25, 0.3) is 17.1 Å². The minimum Gasteiger partial charge on any atom is -0.495 e. The minimum atomic E-state index is -0.433. The number of ether oxygens (including phenoxy) is 3. The number of imide groups is 1. The van der Waals surface area contributed by atoms with Crippen LogP contribution in [0.4, 0.5) is 10.5 Å². The fourth-order valence-corrected chi connectivity index (χ4v) is 4.85. The van der Waals surface area contributed by atoms with E-state index in [9.17, 15) is 14.4 Å². The van der Waals surface area contributed by atoms with Crippen LogP contribution < -0.4 is 19.5 Å². The van der Waals surface area contributed by atoms with Gasteiger partial charge >= 0.3 is 0 Å². The second-order valence-corrected chi connectivity index (χ2v) is 9.81. The first-order valence-electron chi connectivity index (χ1n) is 11.1. The van der Waals surface area contributed by atoms with Crippen molar-refractivity contribution in [3.8, 4) is 17.2 Å². The fraction of sp³-hybridized carbons (Fsp3) is 0.148. The van der Waals surface area contributed by atoms with Crippen molar-refractivity contribution in [3.05, 3.63) is 86.2 Å². The number of rotatable bonds is 8. The first kappa shape index (κ1) is 27.4. The molecule has 0 saturated carbocycles. The van der Waals surface area contributed by atoms with Crippen LogP contribution in [0.1, 0.15) is 21.5 Å². The molecule has 0 aromatic heterocycles. The molecule has 3 aromatic rings. The highest BCUT2D eigenvalue weighted by Crippen LogP contribution is 2.36. The van der Waals surface area contributed by atoms with Gasteiger partial charge in [0.15, 0.2) is 11.5 Å². The van der Waals surface area contributed by atoms with Crippen LogP contribution in [0, 0.1) is 0 Å². The lowest BCUT2D eigenvalue weighted by Crippen LogP contribution is -2.27. The normalized spacial score (nSPS) is 14.1. The molecule has 0 radical (unpaired) electrons. The summed E-state index contributed by atoms with van der Waals surface area (Å²) in [4.78, 5) is 39.9. The molecular formula is C27H22Cl2N2O6S. The Hall–Kier alpha value is -3.66. The van der Waals surface area contributed by atoms with Crippen molar-refractivity contribution in [3.63, 3.8) is 0 Å². The van der Waals surface area contributed by atoms with Crippen molar-refractivity contribution >= 4 is 63.8 Å². The largest absolute Gasteiger partial charge is 0.495 e. The maximum absolute atomic E-state index is 13.0. The molecule has 1 aliphatic rings. The first-order chi connectivity index (χ1) is 18.2. The maximum Gasteiger partial charge on any atom is 0.293 e. The molecule has 1 N–H and O–H groups in total. The topological polar surface area (TPSA) is 94.2 Å². The highest BCUT2D eigenvalue weighted by Gasteiger charge is 2.35. The number of hydrogen-bond donors (Lipinski definition) is 1. The number of methoxy groups -OCH3 is 3. The number of nitrogens with zero attached hydrogens (tertiary/aromatic N) is 1. The number of nitrogens with one attached hydrogen (secondary N) is 1. The molecule has 0 bridgehead atoms. The number of amides is 3. The molecule has 0 atom stereocenters. The average Bonchev–Trinajstić information content (AvgIpc) is 3.17. The molecule has 1 aliphatic heterocycles. The van der Waals surface area contributed by atoms with E-state index in [-0.39, 0.29) is 11.4 Å². The van der Waals surface area contributed by atoms with E-state index in [0.29, 0.717) is 49.7 Å². The number of hydrogen-bond acceptors (Lipinski definition) is 7. The number of carbonyl (C=O) groups excluding carboxylic acids is 3. The van der Waals surface area contributed by atoms with Crippen molar-refractivity contribution in [2.45, 2.75) is 6.54 Å². The molecule has 1 fully saturated rings. The number of anilines is 1. The lowest BCUT2D eigenvalue weighted by Gasteiger charge is -2.13. The zero-order valence-corrected chi connectivity index (χ0v) is 22.9. The lowest BCUT2D eigenvalue weighted by atomic mass is 10.1. The Morgan fingerprint density at radius 2 is 1.61 bits per heavy atom. The highest BCUT2D eigenvalue weighted by atomic mass is 35.5. The van der Waals surface area contributed by atoms with E-state index < -0.39 is 17.1 Å². The summed E-state index contributed by atoms with van der Waals surface area (Å²) in [6.45, 7) is 0.0636. The van der Waals surface area contributed by atoms with Crippen LogP contribution >= 0.6 is 35.0 Å². The summed E-state index contributed by atoms with van der Waals surface area (Å²) >= 11 is 12.9. The summed E-state index contributed by atoms with van der Waals surface area (Å²) in [6, 6.07) is 14.8. The van der Waals surface area contributed by atoms with Crippen molar-refractivity contribution in [1.29, 1.82) is 0 Å². The molecule has 11 heteroatoms. The summed E-state index contributed by atoms with van der Waals surface area (Å²) in [5.74, 6) is 0.499. The van der Waals surface area contributed by atoms with Gasteiger partial charge in [-0.15, -0.1) is 0 Å². The smallest absolute Gasteiger partial charge is 0.293 e. The molecule has 8 nitrogen and oxygen atoms in total. The van der Waals surface area contributed by atoms with Crippen LogP contribution in [-0.2, 0) is 11.3 Å². The van der Waals surface area contributed by atoms with E-state index >= 15 is 0 Å². The molecule has 38 heavy (non-hydrogen) atoms. The molecule has 4 rings (SSSR count). The van der Waals surface area contributed by atoms with Gasteiger partial charge in [-0.25, -0.2) is 0 Å². The second-order valence-electron chi connectivity index (χ2n) is 8.00. The molecule has 1 heterocycles. The van der Waals surface area contributed by atoms with Crippen LogP contribution in [0.25, 0.3) is 6.08 Å². The third kappa shape index (κ3) is 5.91. The standard InChI is InChI=1S/C27H22Cl2N2O6S/c1-35-21-8-5-15(11-20(21)30-25(32)17-6-9-22(36-2)23(13-17)37-3)12-24-26(33)31(27(34)38-24)14-16-4-7-18(28)19(29)10-16/h4-13H,14H2,1-3H3,(H,30,32). The monoisotopic (exact) mass is 572 g/mol. The molecular weight excluding hydrogens is 551 g/mol. The van der Waals surface area contributed by atoms with Gasteiger partial charge in [-0.1, -0.05) is 35.3 Å². The lowest BCUT2D eigenvalue weighted by molar-refractivity contribution is -0.123. The summed E-state index contributed by atoms with van der Waals surface area (Å²) in [7, 11) is 4.48. The van der Waals surface area contributed by atoms with E-state index in [4.69, 9.17) is 37.4 Å². The quantitative estimate of drug-likeness (QED) is 0.307. The van der Waals surface area contributed by atoms with Crippen molar-refractivity contribution < 1.29 is 28.6 Å². The third-order valence-corrected chi connectivity index (χ3v) is 7.26. The van der Waals surface area contributed by atoms with Gasteiger partial charge < -0.3 is 19.5 Å². The molecule has 0 spiro atoms. The number of halogens is 2. The molecule has 0 unspecified atom stereocenters. The Morgan fingerprint density at radius 1 is 0.895 bits per heavy atom. The number of benzene rings is 3. The molecule has 1 saturated heterocycles. The van der Waals surface area contributed by atoms with Crippen LogP contribution in [0.2, 0.25) is 10.0 Å². The van der Waals surface area contributed by atoms with Gasteiger partial charge in [0, 0.05) is 5.56 Å². The summed E-state index contributed by atoms with van der Waals surface area (Å²) < 4.78 is 15.9. The molecule has 3 aromatic carbocycles. The third-order valence-electron chi connectivity index (χ3n) is 5.61. The van der Waals surface area contributed by atoms with Gasteiger partial charge in [-0.05, 0) is 71.4 Å². The van der Waals surface area contributed by atoms with Gasteiger partial charge in [-0.2, -0.15) is 0 Å². The predicted octanol–water partition coefficient (Wildman–Crippen LogP) is 6.51. The van der Waals surface area contributed by atoms with E-state index in [1.807, 2.05) is 0 Å². The van der Waals surface area contributed by atoms with E-state index in [1.165, 1.54) is 21.3 Å². The van der Waals surface area contributed by atoms with E-state index in [1.54, 1.807) is 60.7 Å². The predicted molar refractivity (Wildman–Crippen MR) is 148 cm³/mol. The molecule has 0 aliphatic carbocycles. The van der Waals surface area contributed by atoms with Gasteiger partial charge in [0.1, 0.15) is 5.75 Å². The minimum absolute atomic E-state index is 0.0636. The van der Waals surface area contributed by atoms with Crippen LogP contribution in [0.5, 0.6) is 17.2 Å². The van der Waals surface area contributed by atoms with Crippen LogP contribution in [0.3, 0.4) is 0 Å². The Balaban J connectivity index is 1.55. The number of carbonyl (C=O) groups is 3. The fourth-order valence-electron chi connectivity index (χ4n) is 3.69. The van der Waals surface area contributed by atoms with Gasteiger partial charge in [-0.3, -0.25) is 19.3 Å². The van der Waals surface area contributed by atoms with E-state index in [2.05, 4.69) is 5.32 Å². The summed E-state index contributed by atoms with van der Waals surface area (Å²) in [5, 5.41) is 3.15. The van der Waals surface area contributed by atoms with Gasteiger partial charge in [0.2, 0.25) is 0 Å². The Bertz CT molecular complexity index is 1460. The van der Waals surface area contributed by atoms with Crippen LogP contribution in [0.15, 0.2) is 59.5 Å². The first-order valence-corrected chi connectivity index (χ1v) is 12.7. The highest BCUT2D eigenvalue weighted by molar-refractivity contribution is 8.18. The Kier molecular flexibility index (Phi) is 8.51. The maximum atomic E-state index is 13.0. The van der Waals surface area contributed by atoms with Crippen molar-refractivity contribution in [2.75, 3.05) is 26.6 Å². The second kappa shape index (κ2) is 11.8. The SMILES string of the molecule is COc1ccc(C=C2SC(=O)N(Cc3ccc(Cl)c(Cl)c3)C2=O)cc1NC(=O)c1ccc(OC)c(OC)c1. The average molecular weight is 573 g/mol. The molecule has 196 valence electrons. The van der Waals surface area contributed by atoms with Crippen molar-refractivity contribution in [2.24, 2.45) is 0 Å². The number of thioether (sulfide) groups is 1. The van der Waals surface area contributed by atoms with Crippen LogP contribution in [-0.4, -0.2) is 43.3 Å². The van der Waals surface area contributed by atoms with Gasteiger partial charge in [0.05, 0.1) is 48.5 Å². The Morgan fingerprint density at radius 3 is 2.29 bits per heavy atom. The van der Waals surface area contributed by atoms with E-state index in [0.717, 1.165) is 16.7 Å². The summed E-state index contributed by atoms with van der Waals surface area (Å²) in [6.07, 6.45) is 1.59. The summed E-state index contributed by atoms with van der Waals surface area (Å²) in [5.41, 5.74) is 2.00.